The maximum Gasteiger partial charge on any atom is 0.157 e. The van der Waals surface area contributed by atoms with Gasteiger partial charge in [0.1, 0.15) is 10.9 Å². The Balaban J connectivity index is 1.71. The largest absolute Gasteiger partial charge is 0.378 e. The van der Waals surface area contributed by atoms with Gasteiger partial charge in [-0.1, -0.05) is 54.1 Å². The van der Waals surface area contributed by atoms with E-state index in [2.05, 4.69) is 104 Å². The van der Waals surface area contributed by atoms with E-state index in [1.54, 1.807) is 0 Å². The summed E-state index contributed by atoms with van der Waals surface area (Å²) in [5.74, 6) is 0. The second-order valence-electron chi connectivity index (χ2n) is 8.12. The first-order valence-electron chi connectivity index (χ1n) is 10.2. The molecule has 1 aliphatic rings. The number of fused-ring (bicyclic) bond motifs is 3. The molecule has 3 nitrogen and oxygen atoms in total. The standard InChI is InChI=1S/C26H24ClN3/c1-28(2)21-14-8-18(9-15-21)16-23-22-6-4-5-7-24(22)30-26(23)17-25(29(30)3)19-10-12-20(27)13-11-19/h4-17,25H,1-3H3/p+1/b23-16-. The van der Waals surface area contributed by atoms with E-state index in [9.17, 15) is 0 Å². The van der Waals surface area contributed by atoms with Gasteiger partial charge >= 0.3 is 0 Å². The highest BCUT2D eigenvalue weighted by atomic mass is 35.5. The molecule has 0 bridgehead atoms. The molecule has 30 heavy (non-hydrogen) atoms. The van der Waals surface area contributed by atoms with Gasteiger partial charge < -0.3 is 4.90 Å². The molecule has 150 valence electrons. The van der Waals surface area contributed by atoms with Gasteiger partial charge in [0.25, 0.3) is 0 Å². The molecule has 2 atom stereocenters. The summed E-state index contributed by atoms with van der Waals surface area (Å²) in [4.78, 5) is 2.12. The predicted octanol–water partition coefficient (Wildman–Crippen LogP) is 3.00. The van der Waals surface area contributed by atoms with E-state index in [0.29, 0.717) is 0 Å². The van der Waals surface area contributed by atoms with Crippen molar-refractivity contribution in [3.8, 4) is 0 Å². The first-order valence-corrected chi connectivity index (χ1v) is 10.6. The topological polar surface area (TPSA) is 12.6 Å². The third-order valence-corrected chi connectivity index (χ3v) is 6.28. The summed E-state index contributed by atoms with van der Waals surface area (Å²) in [6.07, 6.45) is 4.69. The molecule has 2 unspecified atom stereocenters. The maximum absolute atomic E-state index is 6.12. The van der Waals surface area contributed by atoms with Crippen LogP contribution in [0.25, 0.3) is 23.1 Å². The molecular formula is C26H25ClN3+. The van der Waals surface area contributed by atoms with Crippen molar-refractivity contribution in [1.29, 1.82) is 0 Å². The number of nitrogens with zero attached hydrogens (tertiary/aromatic N) is 2. The summed E-state index contributed by atoms with van der Waals surface area (Å²) in [7, 11) is 6.36. The number of hydrogen-bond acceptors (Lipinski definition) is 1. The first-order chi connectivity index (χ1) is 14.5. The Hall–Kier alpha value is -3.01. The minimum Gasteiger partial charge on any atom is -0.378 e. The fourth-order valence-electron chi connectivity index (χ4n) is 4.44. The SMILES string of the molecule is CN(C)c1ccc(/C=c2\c3n(c4ccccc24)[NH+](C)C(c2ccc(Cl)cc2)C=3)cc1. The van der Waals surface area contributed by atoms with Crippen LogP contribution in [0.3, 0.4) is 0 Å². The third-order valence-electron chi connectivity index (χ3n) is 6.03. The molecule has 2 heterocycles. The van der Waals surface area contributed by atoms with Crippen LogP contribution in [0.1, 0.15) is 17.2 Å². The average Bonchev–Trinajstić information content (AvgIpc) is 3.25. The summed E-state index contributed by atoms with van der Waals surface area (Å²) in [5.41, 5.74) is 4.94. The van der Waals surface area contributed by atoms with E-state index in [1.165, 1.54) is 43.3 Å². The first kappa shape index (κ1) is 19.0. The summed E-state index contributed by atoms with van der Waals surface area (Å²) >= 11 is 6.12. The van der Waals surface area contributed by atoms with E-state index in [1.807, 2.05) is 12.1 Å². The zero-order chi connectivity index (χ0) is 20.8. The van der Waals surface area contributed by atoms with Crippen molar-refractivity contribution in [2.45, 2.75) is 6.04 Å². The van der Waals surface area contributed by atoms with Gasteiger partial charge in [-0.05, 0) is 42.0 Å². The van der Waals surface area contributed by atoms with Gasteiger partial charge in [0.2, 0.25) is 0 Å². The smallest absolute Gasteiger partial charge is 0.157 e. The van der Waals surface area contributed by atoms with E-state index in [0.717, 1.165) is 5.02 Å². The number of benzene rings is 3. The zero-order valence-electron chi connectivity index (χ0n) is 17.4. The average molecular weight is 415 g/mol. The van der Waals surface area contributed by atoms with Gasteiger partial charge in [-0.15, -0.1) is 0 Å². The van der Waals surface area contributed by atoms with Gasteiger partial charge in [-0.25, -0.2) is 5.01 Å². The van der Waals surface area contributed by atoms with Crippen molar-refractivity contribution in [1.82, 2.24) is 4.68 Å². The van der Waals surface area contributed by atoms with Gasteiger partial charge in [-0.2, -0.15) is 4.68 Å². The molecule has 0 spiro atoms. The number of aromatic nitrogens is 1. The molecule has 5 rings (SSSR count). The second kappa shape index (κ2) is 7.35. The summed E-state index contributed by atoms with van der Waals surface area (Å²) in [6, 6.07) is 25.9. The summed E-state index contributed by atoms with van der Waals surface area (Å²) in [5, 5.41) is 5.93. The highest BCUT2D eigenvalue weighted by Crippen LogP contribution is 2.19. The number of rotatable bonds is 3. The number of para-hydroxylation sites is 1. The molecule has 1 N–H and O–H groups in total. The number of anilines is 1. The van der Waals surface area contributed by atoms with Crippen molar-refractivity contribution in [2.24, 2.45) is 0 Å². The molecule has 0 saturated heterocycles. The van der Waals surface area contributed by atoms with E-state index >= 15 is 0 Å². The van der Waals surface area contributed by atoms with Crippen LogP contribution in [0, 0.1) is 0 Å². The summed E-state index contributed by atoms with van der Waals surface area (Å²) < 4.78 is 2.41. The van der Waals surface area contributed by atoms with E-state index < -0.39 is 0 Å². The lowest BCUT2D eigenvalue weighted by Gasteiger charge is -2.19. The molecule has 0 amide bonds. The molecule has 0 saturated carbocycles. The van der Waals surface area contributed by atoms with Gasteiger partial charge in [0.15, 0.2) is 6.04 Å². The highest BCUT2D eigenvalue weighted by molar-refractivity contribution is 6.30. The maximum atomic E-state index is 6.12. The fraction of sp³-hybridized carbons (Fsp3) is 0.154. The monoisotopic (exact) mass is 414 g/mol. The second-order valence-corrected chi connectivity index (χ2v) is 8.56. The lowest BCUT2D eigenvalue weighted by atomic mass is 10.1. The van der Waals surface area contributed by atoms with Crippen LogP contribution in [0.2, 0.25) is 5.02 Å². The highest BCUT2D eigenvalue weighted by Gasteiger charge is 2.29. The summed E-state index contributed by atoms with van der Waals surface area (Å²) in [6.45, 7) is 0. The molecule has 0 fully saturated rings. The quantitative estimate of drug-likeness (QED) is 0.543. The molecule has 0 radical (unpaired) electrons. The van der Waals surface area contributed by atoms with Crippen LogP contribution in [-0.4, -0.2) is 25.8 Å². The molecule has 4 heteroatoms. The Morgan fingerprint density at radius 1 is 0.933 bits per heavy atom. The van der Waals surface area contributed by atoms with Crippen molar-refractivity contribution < 1.29 is 5.01 Å². The Morgan fingerprint density at radius 3 is 2.33 bits per heavy atom. The molecule has 1 aliphatic heterocycles. The van der Waals surface area contributed by atoms with E-state index in [4.69, 9.17) is 11.6 Å². The lowest BCUT2D eigenvalue weighted by molar-refractivity contribution is -0.940. The minimum atomic E-state index is 0.255. The van der Waals surface area contributed by atoms with Crippen LogP contribution in [0.15, 0.2) is 72.8 Å². The van der Waals surface area contributed by atoms with Crippen molar-refractivity contribution in [3.05, 3.63) is 99.5 Å². The molecular weight excluding hydrogens is 390 g/mol. The van der Waals surface area contributed by atoms with Crippen molar-refractivity contribution in [2.75, 3.05) is 26.0 Å². The van der Waals surface area contributed by atoms with Crippen LogP contribution in [-0.2, 0) is 0 Å². The van der Waals surface area contributed by atoms with Crippen LogP contribution in [0.5, 0.6) is 0 Å². The normalized spacial score (nSPS) is 18.5. The third kappa shape index (κ3) is 3.11. The van der Waals surface area contributed by atoms with Crippen LogP contribution in [0.4, 0.5) is 5.69 Å². The number of quaternary nitrogens is 1. The Labute approximate surface area is 181 Å². The van der Waals surface area contributed by atoms with Gasteiger partial charge in [0.05, 0.1) is 7.05 Å². The Morgan fingerprint density at radius 2 is 1.63 bits per heavy atom. The molecule has 1 aromatic heterocycles. The van der Waals surface area contributed by atoms with Gasteiger partial charge in [0, 0.05) is 47.0 Å². The molecule has 4 aromatic rings. The predicted molar refractivity (Wildman–Crippen MR) is 126 cm³/mol. The minimum absolute atomic E-state index is 0.255. The lowest BCUT2D eigenvalue weighted by Crippen LogP contribution is -3.11. The number of hydrogen-bond donors (Lipinski definition) is 1. The van der Waals surface area contributed by atoms with Gasteiger partial charge in [-0.3, -0.25) is 0 Å². The Kier molecular flexibility index (Phi) is 4.65. The fourth-order valence-corrected chi connectivity index (χ4v) is 4.57. The molecule has 0 aliphatic carbocycles. The van der Waals surface area contributed by atoms with Crippen molar-refractivity contribution in [3.63, 3.8) is 0 Å². The molecule has 3 aromatic carbocycles. The van der Waals surface area contributed by atoms with E-state index in [-0.39, 0.29) is 6.04 Å². The number of nitrogens with one attached hydrogen (secondary N) is 1. The zero-order valence-corrected chi connectivity index (χ0v) is 18.2. The Bertz CT molecular complexity index is 1330. The van der Waals surface area contributed by atoms with Crippen LogP contribution >= 0.6 is 11.6 Å². The number of halogens is 1. The van der Waals surface area contributed by atoms with Crippen LogP contribution < -0.4 is 20.5 Å². The van der Waals surface area contributed by atoms with Crippen molar-refractivity contribution >= 4 is 40.3 Å².